The van der Waals surface area contributed by atoms with Crippen LogP contribution in [0.25, 0.3) is 0 Å². The van der Waals surface area contributed by atoms with E-state index in [-0.39, 0.29) is 5.56 Å². The molecule has 82 valence electrons. The second kappa shape index (κ2) is 4.33. The van der Waals surface area contributed by atoms with Gasteiger partial charge in [0.05, 0.1) is 0 Å². The molecule has 4 nitrogen and oxygen atoms in total. The minimum atomic E-state index is -2.07. The Balaban J connectivity index is 2.96. The van der Waals surface area contributed by atoms with Gasteiger partial charge in [0.25, 0.3) is 0 Å². The van der Waals surface area contributed by atoms with Crippen molar-refractivity contribution in [3.8, 4) is 0 Å². The fraction of sp³-hybridized carbons (Fsp3) is 0.222. The van der Waals surface area contributed by atoms with Crippen LogP contribution in [0.15, 0.2) is 18.2 Å². The first kappa shape index (κ1) is 11.5. The molecule has 0 aliphatic rings. The van der Waals surface area contributed by atoms with Crippen LogP contribution in [0.2, 0.25) is 0 Å². The van der Waals surface area contributed by atoms with Gasteiger partial charge in [-0.3, -0.25) is 0 Å². The predicted octanol–water partition coefficient (Wildman–Crippen LogP) is 0.444. The molecule has 1 aromatic rings. The molecule has 0 amide bonds. The maximum Gasteiger partial charge on any atom is 0.335 e. The standard InChI is InChI=1S/C9H8F2O4/c10-5-2-1-4(3-6(5)11)7(12)8(13)9(14)15/h1-3,7-8,12-13H,(H,14,15). The van der Waals surface area contributed by atoms with Gasteiger partial charge < -0.3 is 15.3 Å². The third kappa shape index (κ3) is 2.48. The quantitative estimate of drug-likeness (QED) is 0.688. The van der Waals surface area contributed by atoms with E-state index in [0.29, 0.717) is 6.07 Å². The first-order chi connectivity index (χ1) is 6.93. The summed E-state index contributed by atoms with van der Waals surface area (Å²) >= 11 is 0. The topological polar surface area (TPSA) is 77.8 Å². The van der Waals surface area contributed by atoms with Crippen LogP contribution in [0.3, 0.4) is 0 Å². The maximum atomic E-state index is 12.7. The summed E-state index contributed by atoms with van der Waals surface area (Å²) in [6.07, 6.45) is -3.87. The summed E-state index contributed by atoms with van der Waals surface area (Å²) in [4.78, 5) is 10.3. The lowest BCUT2D eigenvalue weighted by molar-refractivity contribution is -0.153. The van der Waals surface area contributed by atoms with E-state index < -0.39 is 29.8 Å². The van der Waals surface area contributed by atoms with Crippen LogP contribution < -0.4 is 0 Å². The van der Waals surface area contributed by atoms with Crippen molar-refractivity contribution in [2.45, 2.75) is 12.2 Å². The lowest BCUT2D eigenvalue weighted by Gasteiger charge is -2.14. The SMILES string of the molecule is O=C(O)C(O)C(O)c1ccc(F)c(F)c1. The molecule has 3 N–H and O–H groups in total. The second-order valence-corrected chi connectivity index (χ2v) is 2.90. The number of hydrogen-bond donors (Lipinski definition) is 3. The molecule has 1 rings (SSSR count). The summed E-state index contributed by atoms with van der Waals surface area (Å²) in [5.74, 6) is -3.98. The van der Waals surface area contributed by atoms with E-state index in [1.54, 1.807) is 0 Å². The zero-order valence-corrected chi connectivity index (χ0v) is 7.39. The van der Waals surface area contributed by atoms with Crippen molar-refractivity contribution in [2.24, 2.45) is 0 Å². The predicted molar refractivity (Wildman–Crippen MR) is 45.0 cm³/mol. The average Bonchev–Trinajstić information content (AvgIpc) is 2.19. The Hall–Kier alpha value is -1.53. The third-order valence-corrected chi connectivity index (χ3v) is 1.84. The van der Waals surface area contributed by atoms with E-state index in [1.165, 1.54) is 0 Å². The van der Waals surface area contributed by atoms with E-state index >= 15 is 0 Å². The van der Waals surface area contributed by atoms with Crippen molar-refractivity contribution in [2.75, 3.05) is 0 Å². The van der Waals surface area contributed by atoms with Crippen LogP contribution in [0, 0.1) is 11.6 Å². The highest BCUT2D eigenvalue weighted by Crippen LogP contribution is 2.19. The van der Waals surface area contributed by atoms with Gasteiger partial charge in [0.15, 0.2) is 17.7 Å². The lowest BCUT2D eigenvalue weighted by Crippen LogP contribution is -2.27. The average molecular weight is 218 g/mol. The molecule has 0 bridgehead atoms. The Bertz CT molecular complexity index is 380. The molecule has 0 aliphatic carbocycles. The van der Waals surface area contributed by atoms with Crippen molar-refractivity contribution < 1.29 is 28.9 Å². The number of carboxylic acids is 1. The van der Waals surface area contributed by atoms with Crippen LogP contribution in [0.5, 0.6) is 0 Å². The van der Waals surface area contributed by atoms with Crippen molar-refractivity contribution in [3.63, 3.8) is 0 Å². The smallest absolute Gasteiger partial charge is 0.335 e. The van der Waals surface area contributed by atoms with Crippen LogP contribution in [-0.4, -0.2) is 27.4 Å². The molecule has 6 heteroatoms. The van der Waals surface area contributed by atoms with Gasteiger partial charge in [-0.05, 0) is 17.7 Å². The molecule has 0 spiro atoms. The van der Waals surface area contributed by atoms with Crippen molar-refractivity contribution in [1.82, 2.24) is 0 Å². The number of halogens is 2. The summed E-state index contributed by atoms with van der Waals surface area (Å²) in [7, 11) is 0. The molecular weight excluding hydrogens is 210 g/mol. The first-order valence-electron chi connectivity index (χ1n) is 3.97. The Kier molecular flexibility index (Phi) is 3.33. The minimum Gasteiger partial charge on any atom is -0.479 e. The second-order valence-electron chi connectivity index (χ2n) is 2.90. The number of aliphatic carboxylic acids is 1. The summed E-state index contributed by atoms with van der Waals surface area (Å²) in [6.45, 7) is 0. The zero-order chi connectivity index (χ0) is 11.6. The fourth-order valence-electron chi connectivity index (χ4n) is 1.01. The molecule has 0 aromatic heterocycles. The van der Waals surface area contributed by atoms with Crippen LogP contribution in [0.1, 0.15) is 11.7 Å². The zero-order valence-electron chi connectivity index (χ0n) is 7.39. The van der Waals surface area contributed by atoms with Gasteiger partial charge in [-0.2, -0.15) is 0 Å². The summed E-state index contributed by atoms with van der Waals surface area (Å²) in [5, 5.41) is 26.6. The van der Waals surface area contributed by atoms with Gasteiger partial charge in [-0.1, -0.05) is 6.07 Å². The number of benzene rings is 1. The highest BCUT2D eigenvalue weighted by molar-refractivity contribution is 5.73. The molecule has 0 saturated carbocycles. The Morgan fingerprint density at radius 3 is 2.27 bits per heavy atom. The molecule has 0 fully saturated rings. The van der Waals surface area contributed by atoms with Gasteiger partial charge in [-0.15, -0.1) is 0 Å². The Morgan fingerprint density at radius 1 is 1.20 bits per heavy atom. The lowest BCUT2D eigenvalue weighted by atomic mass is 10.0. The Morgan fingerprint density at radius 2 is 1.80 bits per heavy atom. The van der Waals surface area contributed by atoms with E-state index in [4.69, 9.17) is 10.2 Å². The van der Waals surface area contributed by atoms with Gasteiger partial charge in [0.2, 0.25) is 0 Å². The van der Waals surface area contributed by atoms with Gasteiger partial charge in [-0.25, -0.2) is 13.6 Å². The summed E-state index contributed by atoms with van der Waals surface area (Å²) in [6, 6.07) is 2.36. The minimum absolute atomic E-state index is 0.205. The molecule has 0 radical (unpaired) electrons. The van der Waals surface area contributed by atoms with Crippen LogP contribution in [0.4, 0.5) is 8.78 Å². The summed E-state index contributed by atoms with van der Waals surface area (Å²) < 4.78 is 25.2. The molecule has 0 saturated heterocycles. The molecule has 0 heterocycles. The van der Waals surface area contributed by atoms with Gasteiger partial charge in [0.1, 0.15) is 6.10 Å². The van der Waals surface area contributed by atoms with Crippen molar-refractivity contribution in [3.05, 3.63) is 35.4 Å². The van der Waals surface area contributed by atoms with E-state index in [0.717, 1.165) is 12.1 Å². The van der Waals surface area contributed by atoms with Crippen LogP contribution >= 0.6 is 0 Å². The highest BCUT2D eigenvalue weighted by atomic mass is 19.2. The molecule has 15 heavy (non-hydrogen) atoms. The fourth-order valence-corrected chi connectivity index (χ4v) is 1.01. The molecule has 1 aromatic carbocycles. The Labute approximate surface area is 83.4 Å². The maximum absolute atomic E-state index is 12.7. The third-order valence-electron chi connectivity index (χ3n) is 1.84. The van der Waals surface area contributed by atoms with Gasteiger partial charge in [0, 0.05) is 0 Å². The normalized spacial score (nSPS) is 14.7. The number of rotatable bonds is 3. The van der Waals surface area contributed by atoms with E-state index in [9.17, 15) is 18.7 Å². The highest BCUT2D eigenvalue weighted by Gasteiger charge is 2.25. The number of aliphatic hydroxyl groups is 2. The first-order valence-corrected chi connectivity index (χ1v) is 3.97. The van der Waals surface area contributed by atoms with Crippen molar-refractivity contribution in [1.29, 1.82) is 0 Å². The number of carboxylic acid groups (broad SMARTS) is 1. The summed E-state index contributed by atoms with van der Waals surface area (Å²) in [5.41, 5.74) is -0.205. The van der Waals surface area contributed by atoms with E-state index in [2.05, 4.69) is 0 Å². The number of aliphatic hydroxyl groups excluding tert-OH is 2. The molecular formula is C9H8F2O4. The van der Waals surface area contributed by atoms with Crippen LogP contribution in [-0.2, 0) is 4.79 Å². The van der Waals surface area contributed by atoms with Crippen molar-refractivity contribution >= 4 is 5.97 Å². The molecule has 2 atom stereocenters. The van der Waals surface area contributed by atoms with Gasteiger partial charge >= 0.3 is 5.97 Å². The largest absolute Gasteiger partial charge is 0.479 e. The molecule has 2 unspecified atom stereocenters. The number of hydrogen-bond acceptors (Lipinski definition) is 3. The monoisotopic (exact) mass is 218 g/mol. The number of carbonyl (C=O) groups is 1. The van der Waals surface area contributed by atoms with E-state index in [1.807, 2.05) is 0 Å². The molecule has 0 aliphatic heterocycles.